The molecule has 1 aromatic heterocycles. The number of carbonyl (C=O) groups is 3. The maximum atomic E-state index is 12.3. The van der Waals surface area contributed by atoms with Gasteiger partial charge in [0.05, 0.1) is 12.7 Å². The molecule has 0 bridgehead atoms. The van der Waals surface area contributed by atoms with Crippen LogP contribution in [-0.4, -0.2) is 75.0 Å². The molecule has 1 N–H and O–H groups in total. The van der Waals surface area contributed by atoms with Crippen molar-refractivity contribution in [2.24, 2.45) is 0 Å². The van der Waals surface area contributed by atoms with Crippen LogP contribution in [0.1, 0.15) is 26.5 Å². The lowest BCUT2D eigenvalue weighted by Crippen LogP contribution is -2.52. The van der Waals surface area contributed by atoms with Gasteiger partial charge in [0, 0.05) is 20.1 Å². The normalized spacial score (nSPS) is 15.3. The van der Waals surface area contributed by atoms with Crippen LogP contribution >= 0.6 is 0 Å². The number of likely N-dealkylation sites (N-methyl/N-ethyl adjacent to an activating group) is 1. The summed E-state index contributed by atoms with van der Waals surface area (Å²) in [6.45, 7) is 6.47. The molecule has 2 rings (SSSR count). The second kappa shape index (κ2) is 7.49. The van der Waals surface area contributed by atoms with Crippen LogP contribution in [0.25, 0.3) is 0 Å². The fraction of sp³-hybridized carbons (Fsp3) is 0.667. The van der Waals surface area contributed by atoms with E-state index in [0.29, 0.717) is 18.8 Å². The Kier molecular flexibility index (Phi) is 5.60. The standard InChI is InChI=1S/C15H24N6O4/c1-15(2,3)25-14(24)20-6-5-19(13(23)10-20)7-11-8-21(18-17-11)9-12(22)16-4/h8H,5-7,9-10H2,1-4H3,(H,16,22). The fourth-order valence-corrected chi connectivity index (χ4v) is 2.27. The fourth-order valence-electron chi connectivity index (χ4n) is 2.27. The van der Waals surface area contributed by atoms with Crippen molar-refractivity contribution in [2.75, 3.05) is 26.7 Å². The first-order chi connectivity index (χ1) is 11.7. The van der Waals surface area contributed by atoms with Gasteiger partial charge in [0.2, 0.25) is 11.8 Å². The maximum Gasteiger partial charge on any atom is 0.410 e. The summed E-state index contributed by atoms with van der Waals surface area (Å²) in [5.74, 6) is -0.364. The van der Waals surface area contributed by atoms with Gasteiger partial charge < -0.3 is 15.0 Å². The quantitative estimate of drug-likeness (QED) is 0.790. The van der Waals surface area contributed by atoms with Gasteiger partial charge in [-0.25, -0.2) is 9.48 Å². The second-order valence-corrected chi connectivity index (χ2v) is 6.80. The van der Waals surface area contributed by atoms with Crippen molar-refractivity contribution >= 4 is 17.9 Å². The van der Waals surface area contributed by atoms with Crippen LogP contribution in [0, 0.1) is 0 Å². The number of piperazine rings is 1. The molecule has 0 unspecified atom stereocenters. The zero-order valence-electron chi connectivity index (χ0n) is 15.0. The molecular formula is C15H24N6O4. The topological polar surface area (TPSA) is 110 Å². The van der Waals surface area contributed by atoms with Crippen molar-refractivity contribution < 1.29 is 19.1 Å². The van der Waals surface area contributed by atoms with Crippen molar-refractivity contribution in [3.8, 4) is 0 Å². The van der Waals surface area contributed by atoms with Crippen LogP contribution in [0.15, 0.2) is 6.20 Å². The zero-order valence-corrected chi connectivity index (χ0v) is 15.0. The van der Waals surface area contributed by atoms with Gasteiger partial charge in [-0.15, -0.1) is 5.10 Å². The first kappa shape index (κ1) is 18.7. The summed E-state index contributed by atoms with van der Waals surface area (Å²) < 4.78 is 6.69. The molecule has 1 saturated heterocycles. The van der Waals surface area contributed by atoms with Crippen LogP contribution in [0.2, 0.25) is 0 Å². The molecule has 0 aromatic carbocycles. The number of carbonyl (C=O) groups excluding carboxylic acids is 3. The van der Waals surface area contributed by atoms with Crippen molar-refractivity contribution in [2.45, 2.75) is 39.5 Å². The predicted molar refractivity (Wildman–Crippen MR) is 87.3 cm³/mol. The van der Waals surface area contributed by atoms with E-state index >= 15 is 0 Å². The molecule has 1 aromatic rings. The maximum absolute atomic E-state index is 12.3. The summed E-state index contributed by atoms with van der Waals surface area (Å²) in [4.78, 5) is 38.6. The van der Waals surface area contributed by atoms with E-state index in [1.165, 1.54) is 9.58 Å². The van der Waals surface area contributed by atoms with E-state index in [0.717, 1.165) is 0 Å². The van der Waals surface area contributed by atoms with Crippen molar-refractivity contribution in [3.05, 3.63) is 11.9 Å². The Labute approximate surface area is 146 Å². The third-order valence-corrected chi connectivity index (χ3v) is 3.49. The summed E-state index contributed by atoms with van der Waals surface area (Å²) in [6, 6.07) is 0. The van der Waals surface area contributed by atoms with Gasteiger partial charge in [-0.05, 0) is 20.8 Å². The van der Waals surface area contributed by atoms with Crippen molar-refractivity contribution in [1.82, 2.24) is 30.1 Å². The molecule has 1 fully saturated rings. The Morgan fingerprint density at radius 3 is 2.64 bits per heavy atom. The van der Waals surface area contributed by atoms with Gasteiger partial charge in [0.1, 0.15) is 24.4 Å². The monoisotopic (exact) mass is 352 g/mol. The Morgan fingerprint density at radius 1 is 1.32 bits per heavy atom. The van der Waals surface area contributed by atoms with E-state index in [4.69, 9.17) is 4.74 Å². The van der Waals surface area contributed by atoms with E-state index in [-0.39, 0.29) is 31.4 Å². The largest absolute Gasteiger partial charge is 0.444 e. The first-order valence-corrected chi connectivity index (χ1v) is 8.03. The second-order valence-electron chi connectivity index (χ2n) is 6.80. The molecular weight excluding hydrogens is 328 g/mol. The van der Waals surface area contributed by atoms with Crippen molar-refractivity contribution in [3.63, 3.8) is 0 Å². The van der Waals surface area contributed by atoms with Crippen LogP contribution < -0.4 is 5.32 Å². The highest BCUT2D eigenvalue weighted by Crippen LogP contribution is 2.13. The molecule has 1 aliphatic rings. The third-order valence-electron chi connectivity index (χ3n) is 3.49. The Morgan fingerprint density at radius 2 is 2.04 bits per heavy atom. The van der Waals surface area contributed by atoms with E-state index in [9.17, 15) is 14.4 Å². The van der Waals surface area contributed by atoms with Crippen molar-refractivity contribution in [1.29, 1.82) is 0 Å². The highest BCUT2D eigenvalue weighted by Gasteiger charge is 2.30. The average Bonchev–Trinajstić information content (AvgIpc) is 2.94. The number of hydrogen-bond acceptors (Lipinski definition) is 6. The Bertz CT molecular complexity index is 651. The summed E-state index contributed by atoms with van der Waals surface area (Å²) in [5, 5.41) is 10.3. The van der Waals surface area contributed by atoms with E-state index < -0.39 is 11.7 Å². The van der Waals surface area contributed by atoms with Gasteiger partial charge in [-0.2, -0.15) is 0 Å². The zero-order chi connectivity index (χ0) is 18.6. The molecule has 0 spiro atoms. The molecule has 0 aliphatic carbocycles. The van der Waals surface area contributed by atoms with Gasteiger partial charge in [-0.1, -0.05) is 5.21 Å². The minimum atomic E-state index is -0.597. The highest BCUT2D eigenvalue weighted by molar-refractivity contribution is 5.83. The Balaban J connectivity index is 1.88. The Hall–Kier alpha value is -2.65. The minimum Gasteiger partial charge on any atom is -0.444 e. The van der Waals surface area contributed by atoms with E-state index in [1.807, 2.05) is 0 Å². The molecule has 2 heterocycles. The molecule has 10 nitrogen and oxygen atoms in total. The number of hydrogen-bond donors (Lipinski definition) is 1. The van der Waals surface area contributed by atoms with Gasteiger partial charge in [0.15, 0.2) is 0 Å². The van der Waals surface area contributed by atoms with E-state index in [2.05, 4.69) is 15.6 Å². The number of ether oxygens (including phenoxy) is 1. The van der Waals surface area contributed by atoms with Crippen LogP contribution in [0.3, 0.4) is 0 Å². The average molecular weight is 352 g/mol. The lowest BCUT2D eigenvalue weighted by atomic mass is 10.2. The number of aromatic nitrogens is 3. The van der Waals surface area contributed by atoms with Crippen LogP contribution in [0.5, 0.6) is 0 Å². The van der Waals surface area contributed by atoms with Crippen LogP contribution in [-0.2, 0) is 27.4 Å². The highest BCUT2D eigenvalue weighted by atomic mass is 16.6. The summed E-state index contributed by atoms with van der Waals surface area (Å²) in [7, 11) is 1.54. The molecule has 0 atom stereocenters. The molecule has 0 radical (unpaired) electrons. The van der Waals surface area contributed by atoms with Gasteiger partial charge in [0.25, 0.3) is 0 Å². The molecule has 25 heavy (non-hydrogen) atoms. The number of nitrogens with one attached hydrogen (secondary N) is 1. The van der Waals surface area contributed by atoms with Gasteiger partial charge >= 0.3 is 6.09 Å². The number of amides is 3. The predicted octanol–water partition coefficient (Wildman–Crippen LogP) is -0.397. The summed E-state index contributed by atoms with van der Waals surface area (Å²) in [5.41, 5.74) is -0.0106. The van der Waals surface area contributed by atoms with E-state index in [1.54, 1.807) is 38.9 Å². The minimum absolute atomic E-state index is 0.0265. The number of rotatable bonds is 4. The molecule has 10 heteroatoms. The first-order valence-electron chi connectivity index (χ1n) is 8.03. The number of nitrogens with zero attached hydrogens (tertiary/aromatic N) is 5. The molecule has 3 amide bonds. The smallest absolute Gasteiger partial charge is 0.410 e. The summed E-state index contributed by atoms with van der Waals surface area (Å²) >= 11 is 0. The lowest BCUT2D eigenvalue weighted by molar-refractivity contribution is -0.136. The van der Waals surface area contributed by atoms with Crippen LogP contribution in [0.4, 0.5) is 4.79 Å². The molecule has 138 valence electrons. The molecule has 1 aliphatic heterocycles. The molecule has 0 saturated carbocycles. The third kappa shape index (κ3) is 5.44. The van der Waals surface area contributed by atoms with Gasteiger partial charge in [-0.3, -0.25) is 14.5 Å². The lowest BCUT2D eigenvalue weighted by Gasteiger charge is -2.34. The SMILES string of the molecule is CNC(=O)Cn1cc(CN2CCN(C(=O)OC(C)(C)C)CC2=O)nn1. The summed E-state index contributed by atoms with van der Waals surface area (Å²) in [6.07, 6.45) is 1.14.